The molecule has 19 heavy (non-hydrogen) atoms. The lowest BCUT2D eigenvalue weighted by Gasteiger charge is -2.19. The fourth-order valence-corrected chi connectivity index (χ4v) is 2.20. The molecule has 0 fully saturated rings. The number of imidazole rings is 1. The van der Waals surface area contributed by atoms with Crippen molar-refractivity contribution in [3.05, 3.63) is 35.3 Å². The number of rotatable bonds is 4. The summed E-state index contributed by atoms with van der Waals surface area (Å²) in [5, 5.41) is 9.02. The zero-order chi connectivity index (χ0) is 14.0. The number of aliphatic hydroxyl groups is 1. The van der Waals surface area contributed by atoms with Gasteiger partial charge in [0, 0.05) is 19.3 Å². The van der Waals surface area contributed by atoms with E-state index in [1.165, 1.54) is 0 Å². The minimum Gasteiger partial charge on any atom is -0.395 e. The quantitative estimate of drug-likeness (QED) is 0.905. The number of pyridine rings is 1. The van der Waals surface area contributed by atoms with Crippen molar-refractivity contribution in [2.24, 2.45) is 0 Å². The first-order valence-corrected chi connectivity index (χ1v) is 6.44. The van der Waals surface area contributed by atoms with Gasteiger partial charge in [-0.05, 0) is 32.4 Å². The Bertz CT molecular complexity index is 604. The largest absolute Gasteiger partial charge is 0.395 e. The van der Waals surface area contributed by atoms with E-state index in [9.17, 15) is 4.79 Å². The van der Waals surface area contributed by atoms with Crippen LogP contribution >= 0.6 is 0 Å². The second-order valence-electron chi connectivity index (χ2n) is 4.59. The molecule has 0 atom stereocenters. The molecule has 0 bridgehead atoms. The smallest absolute Gasteiger partial charge is 0.272 e. The highest BCUT2D eigenvalue weighted by Crippen LogP contribution is 2.15. The second-order valence-corrected chi connectivity index (χ2v) is 4.59. The number of hydrogen-bond acceptors (Lipinski definition) is 3. The van der Waals surface area contributed by atoms with Crippen LogP contribution in [0.25, 0.3) is 5.65 Å². The predicted molar refractivity (Wildman–Crippen MR) is 73.3 cm³/mol. The van der Waals surface area contributed by atoms with E-state index in [1.54, 1.807) is 4.90 Å². The summed E-state index contributed by atoms with van der Waals surface area (Å²) in [6.45, 7) is 6.59. The zero-order valence-corrected chi connectivity index (χ0v) is 11.6. The van der Waals surface area contributed by atoms with Gasteiger partial charge >= 0.3 is 0 Å². The van der Waals surface area contributed by atoms with E-state index in [1.807, 2.05) is 43.5 Å². The summed E-state index contributed by atoms with van der Waals surface area (Å²) < 4.78 is 1.83. The molecule has 0 aliphatic rings. The van der Waals surface area contributed by atoms with E-state index < -0.39 is 0 Å². The van der Waals surface area contributed by atoms with Crippen LogP contribution in [-0.4, -0.2) is 45.0 Å². The summed E-state index contributed by atoms with van der Waals surface area (Å²) in [4.78, 5) is 18.6. The zero-order valence-electron chi connectivity index (χ0n) is 11.6. The van der Waals surface area contributed by atoms with E-state index in [4.69, 9.17) is 5.11 Å². The lowest BCUT2D eigenvalue weighted by atomic mass is 10.2. The number of carbonyl (C=O) groups excluding carboxylic acids is 1. The average Bonchev–Trinajstić information content (AvgIpc) is 2.70. The molecule has 5 nitrogen and oxygen atoms in total. The predicted octanol–water partition coefficient (Wildman–Crippen LogP) is 1.41. The van der Waals surface area contributed by atoms with Crippen molar-refractivity contribution in [3.63, 3.8) is 0 Å². The van der Waals surface area contributed by atoms with Gasteiger partial charge in [-0.15, -0.1) is 0 Å². The monoisotopic (exact) mass is 261 g/mol. The highest BCUT2D eigenvalue weighted by molar-refractivity contribution is 5.94. The topological polar surface area (TPSA) is 57.8 Å². The molecule has 0 aromatic carbocycles. The van der Waals surface area contributed by atoms with Crippen molar-refractivity contribution in [1.29, 1.82) is 0 Å². The Balaban J connectivity index is 2.51. The maximum absolute atomic E-state index is 12.5. The molecule has 0 aliphatic carbocycles. The molecule has 102 valence electrons. The first-order valence-electron chi connectivity index (χ1n) is 6.44. The number of nitrogens with zero attached hydrogens (tertiary/aromatic N) is 3. The molecule has 5 heteroatoms. The normalized spacial score (nSPS) is 10.9. The van der Waals surface area contributed by atoms with Crippen LogP contribution in [0.1, 0.15) is 28.7 Å². The highest BCUT2D eigenvalue weighted by Gasteiger charge is 2.21. The van der Waals surface area contributed by atoms with Gasteiger partial charge in [-0.25, -0.2) is 4.98 Å². The van der Waals surface area contributed by atoms with Crippen LogP contribution in [0.15, 0.2) is 18.3 Å². The molecule has 2 heterocycles. The molecule has 0 radical (unpaired) electrons. The van der Waals surface area contributed by atoms with Gasteiger partial charge in [-0.1, -0.05) is 6.07 Å². The van der Waals surface area contributed by atoms with Crippen LogP contribution in [0.2, 0.25) is 0 Å². The Morgan fingerprint density at radius 1 is 1.42 bits per heavy atom. The minimum atomic E-state index is -0.0906. The number of likely N-dealkylation sites (N-methyl/N-ethyl adjacent to an activating group) is 1. The van der Waals surface area contributed by atoms with Crippen LogP contribution in [0.5, 0.6) is 0 Å². The lowest BCUT2D eigenvalue weighted by molar-refractivity contribution is 0.0724. The summed E-state index contributed by atoms with van der Waals surface area (Å²) in [7, 11) is 0. The van der Waals surface area contributed by atoms with Gasteiger partial charge in [0.2, 0.25) is 0 Å². The van der Waals surface area contributed by atoms with Gasteiger partial charge in [-0.2, -0.15) is 0 Å². The third kappa shape index (κ3) is 2.46. The van der Waals surface area contributed by atoms with Gasteiger partial charge in [0.15, 0.2) is 0 Å². The second kappa shape index (κ2) is 5.40. The third-order valence-corrected chi connectivity index (χ3v) is 3.18. The Morgan fingerprint density at radius 2 is 2.16 bits per heavy atom. The number of amides is 1. The van der Waals surface area contributed by atoms with Crippen molar-refractivity contribution in [2.75, 3.05) is 19.7 Å². The molecular formula is C14H19N3O2. The molecule has 0 saturated heterocycles. The SMILES string of the molecule is CCN(CCO)C(=O)c1c(C)nc2ccc(C)cn12. The average molecular weight is 261 g/mol. The minimum absolute atomic E-state index is 0.0333. The van der Waals surface area contributed by atoms with Crippen molar-refractivity contribution < 1.29 is 9.90 Å². The maximum atomic E-state index is 12.5. The van der Waals surface area contributed by atoms with E-state index >= 15 is 0 Å². The number of aliphatic hydroxyl groups excluding tert-OH is 1. The molecule has 2 rings (SSSR count). The molecule has 0 saturated carbocycles. The molecule has 0 unspecified atom stereocenters. The van der Waals surface area contributed by atoms with E-state index in [-0.39, 0.29) is 12.5 Å². The van der Waals surface area contributed by atoms with Crippen molar-refractivity contribution in [3.8, 4) is 0 Å². The molecule has 2 aromatic heterocycles. The van der Waals surface area contributed by atoms with Crippen molar-refractivity contribution in [1.82, 2.24) is 14.3 Å². The molecule has 0 aliphatic heterocycles. The van der Waals surface area contributed by atoms with Gasteiger partial charge < -0.3 is 10.0 Å². The van der Waals surface area contributed by atoms with Crippen LogP contribution in [-0.2, 0) is 0 Å². The number of fused-ring (bicyclic) bond motifs is 1. The Hall–Kier alpha value is -1.88. The molecule has 1 N–H and O–H groups in total. The summed E-state index contributed by atoms with van der Waals surface area (Å²) in [6.07, 6.45) is 1.91. The van der Waals surface area contributed by atoms with Gasteiger partial charge in [0.1, 0.15) is 11.3 Å². The standard InChI is InChI=1S/C14H19N3O2/c1-4-16(7-8-18)14(19)13-11(3)15-12-6-5-10(2)9-17(12)13/h5-6,9,18H,4,7-8H2,1-3H3. The number of aryl methyl sites for hydroxylation is 2. The van der Waals surface area contributed by atoms with Crippen molar-refractivity contribution >= 4 is 11.6 Å². The van der Waals surface area contributed by atoms with Crippen molar-refractivity contribution in [2.45, 2.75) is 20.8 Å². The van der Waals surface area contributed by atoms with Gasteiger partial charge in [0.25, 0.3) is 5.91 Å². The number of carbonyl (C=O) groups is 1. The lowest BCUT2D eigenvalue weighted by Crippen LogP contribution is -2.34. The molecular weight excluding hydrogens is 242 g/mol. The van der Waals surface area contributed by atoms with E-state index in [2.05, 4.69) is 4.98 Å². The first kappa shape index (κ1) is 13.5. The van der Waals surface area contributed by atoms with E-state index in [0.717, 1.165) is 11.2 Å². The summed E-state index contributed by atoms with van der Waals surface area (Å²) in [5.74, 6) is -0.0906. The van der Waals surface area contributed by atoms with Crippen LogP contribution in [0, 0.1) is 13.8 Å². The Labute approximate surface area is 112 Å². The highest BCUT2D eigenvalue weighted by atomic mass is 16.3. The van der Waals surface area contributed by atoms with Crippen LogP contribution in [0.3, 0.4) is 0 Å². The molecule has 1 amide bonds. The third-order valence-electron chi connectivity index (χ3n) is 3.18. The summed E-state index contributed by atoms with van der Waals surface area (Å²) in [6, 6.07) is 3.88. The first-order chi connectivity index (χ1) is 9.08. The van der Waals surface area contributed by atoms with Gasteiger partial charge in [0.05, 0.1) is 12.3 Å². The fraction of sp³-hybridized carbons (Fsp3) is 0.429. The van der Waals surface area contributed by atoms with E-state index in [0.29, 0.717) is 24.5 Å². The maximum Gasteiger partial charge on any atom is 0.272 e. The molecule has 2 aromatic rings. The summed E-state index contributed by atoms with van der Waals surface area (Å²) >= 11 is 0. The fourth-order valence-electron chi connectivity index (χ4n) is 2.20. The Morgan fingerprint density at radius 3 is 2.79 bits per heavy atom. The number of hydrogen-bond donors (Lipinski definition) is 1. The number of aromatic nitrogens is 2. The van der Waals surface area contributed by atoms with Crippen LogP contribution in [0.4, 0.5) is 0 Å². The van der Waals surface area contributed by atoms with Gasteiger partial charge in [-0.3, -0.25) is 9.20 Å². The Kier molecular flexibility index (Phi) is 3.85. The summed E-state index contributed by atoms with van der Waals surface area (Å²) in [5.41, 5.74) is 3.14. The van der Waals surface area contributed by atoms with Crippen LogP contribution < -0.4 is 0 Å². The molecule has 0 spiro atoms.